The molecule has 6 heteroatoms. The van der Waals surface area contributed by atoms with Crippen molar-refractivity contribution in [3.05, 3.63) is 41.7 Å². The number of halogens is 3. The standard InChI is InChI=1S/C15H16F3N3/c1-3-4-10-5-7-11(8-6-10)12-9-13(19-2)21-14(20-12)15(16,17)18/h5-9H,3-4H2,1-2H3,(H,19,20,21). The summed E-state index contributed by atoms with van der Waals surface area (Å²) >= 11 is 0. The minimum Gasteiger partial charge on any atom is -0.373 e. The molecule has 21 heavy (non-hydrogen) atoms. The molecule has 3 nitrogen and oxygen atoms in total. The van der Waals surface area contributed by atoms with Crippen LogP contribution in [-0.2, 0) is 12.6 Å². The van der Waals surface area contributed by atoms with Gasteiger partial charge in [-0.05, 0) is 12.0 Å². The maximum atomic E-state index is 12.8. The molecule has 0 radical (unpaired) electrons. The van der Waals surface area contributed by atoms with Crippen molar-refractivity contribution < 1.29 is 13.2 Å². The third-order valence-corrected chi connectivity index (χ3v) is 3.02. The van der Waals surface area contributed by atoms with Crippen molar-refractivity contribution in [1.29, 1.82) is 0 Å². The topological polar surface area (TPSA) is 37.8 Å². The number of nitrogens with one attached hydrogen (secondary N) is 1. The molecular weight excluding hydrogens is 279 g/mol. The Bertz CT molecular complexity index is 607. The minimum atomic E-state index is -4.57. The third kappa shape index (κ3) is 3.71. The average molecular weight is 295 g/mol. The van der Waals surface area contributed by atoms with Crippen LogP contribution in [0.15, 0.2) is 30.3 Å². The molecule has 1 N–H and O–H groups in total. The molecule has 0 atom stereocenters. The molecule has 2 rings (SSSR count). The Balaban J connectivity index is 2.42. The van der Waals surface area contributed by atoms with E-state index in [0.29, 0.717) is 5.56 Å². The summed E-state index contributed by atoms with van der Waals surface area (Å²) in [6.07, 6.45) is -2.60. The SMILES string of the molecule is CCCc1ccc(-c2cc(NC)nc(C(F)(F)F)n2)cc1. The van der Waals surface area contributed by atoms with E-state index in [1.165, 1.54) is 13.1 Å². The van der Waals surface area contributed by atoms with Crippen LogP contribution in [0, 0.1) is 0 Å². The Hall–Kier alpha value is -2.11. The highest BCUT2D eigenvalue weighted by Gasteiger charge is 2.35. The van der Waals surface area contributed by atoms with E-state index in [4.69, 9.17) is 0 Å². The van der Waals surface area contributed by atoms with Gasteiger partial charge in [0.15, 0.2) is 0 Å². The van der Waals surface area contributed by atoms with Gasteiger partial charge in [0.25, 0.3) is 0 Å². The van der Waals surface area contributed by atoms with Crippen LogP contribution in [0.5, 0.6) is 0 Å². The van der Waals surface area contributed by atoms with E-state index in [1.54, 1.807) is 12.1 Å². The van der Waals surface area contributed by atoms with Gasteiger partial charge in [-0.1, -0.05) is 37.6 Å². The molecule has 0 saturated heterocycles. The number of benzene rings is 1. The summed E-state index contributed by atoms with van der Waals surface area (Å²) in [5, 5.41) is 2.63. The Morgan fingerprint density at radius 2 is 1.76 bits per heavy atom. The fourth-order valence-electron chi connectivity index (χ4n) is 1.98. The van der Waals surface area contributed by atoms with Gasteiger partial charge in [0.1, 0.15) is 5.82 Å². The molecular formula is C15H16F3N3. The average Bonchev–Trinajstić information content (AvgIpc) is 2.47. The normalized spacial score (nSPS) is 11.5. The number of hydrogen-bond donors (Lipinski definition) is 1. The number of rotatable bonds is 4. The van der Waals surface area contributed by atoms with Gasteiger partial charge < -0.3 is 5.32 Å². The second kappa shape index (κ2) is 6.11. The smallest absolute Gasteiger partial charge is 0.373 e. The molecule has 0 saturated carbocycles. The summed E-state index contributed by atoms with van der Waals surface area (Å²) in [4.78, 5) is 7.07. The lowest BCUT2D eigenvalue weighted by molar-refractivity contribution is -0.144. The monoisotopic (exact) mass is 295 g/mol. The first kappa shape index (κ1) is 15.3. The maximum Gasteiger partial charge on any atom is 0.451 e. The van der Waals surface area contributed by atoms with E-state index >= 15 is 0 Å². The number of hydrogen-bond acceptors (Lipinski definition) is 3. The largest absolute Gasteiger partial charge is 0.451 e. The lowest BCUT2D eigenvalue weighted by Crippen LogP contribution is -2.13. The molecule has 0 fully saturated rings. The second-order valence-electron chi connectivity index (χ2n) is 4.66. The minimum absolute atomic E-state index is 0.143. The van der Waals surface area contributed by atoms with Crippen molar-refractivity contribution in [3.8, 4) is 11.3 Å². The molecule has 0 amide bonds. The predicted molar refractivity (Wildman–Crippen MR) is 76.0 cm³/mol. The summed E-state index contributed by atoms with van der Waals surface area (Å²) in [5.41, 5.74) is 2.05. The van der Waals surface area contributed by atoms with Crippen LogP contribution in [0.2, 0.25) is 0 Å². The summed E-state index contributed by atoms with van der Waals surface area (Å²) < 4.78 is 38.4. The lowest BCUT2D eigenvalue weighted by atomic mass is 10.1. The van der Waals surface area contributed by atoms with Crippen molar-refractivity contribution in [2.75, 3.05) is 12.4 Å². The molecule has 0 bridgehead atoms. The van der Waals surface area contributed by atoms with Crippen LogP contribution in [0.25, 0.3) is 11.3 Å². The van der Waals surface area contributed by atoms with Crippen molar-refractivity contribution in [2.24, 2.45) is 0 Å². The molecule has 0 spiro atoms. The van der Waals surface area contributed by atoms with E-state index in [2.05, 4.69) is 22.2 Å². The quantitative estimate of drug-likeness (QED) is 0.920. The number of nitrogens with zero attached hydrogens (tertiary/aromatic N) is 2. The van der Waals surface area contributed by atoms with E-state index < -0.39 is 12.0 Å². The molecule has 0 aliphatic carbocycles. The molecule has 2 aromatic rings. The van der Waals surface area contributed by atoms with Gasteiger partial charge in [-0.3, -0.25) is 0 Å². The lowest BCUT2D eigenvalue weighted by Gasteiger charge is -2.10. The number of aryl methyl sites for hydroxylation is 1. The fourth-order valence-corrected chi connectivity index (χ4v) is 1.98. The van der Waals surface area contributed by atoms with E-state index in [0.717, 1.165) is 18.4 Å². The zero-order valence-electron chi connectivity index (χ0n) is 11.8. The molecule has 112 valence electrons. The maximum absolute atomic E-state index is 12.8. The van der Waals surface area contributed by atoms with Gasteiger partial charge in [0.2, 0.25) is 5.82 Å². The molecule has 1 aromatic heterocycles. The van der Waals surface area contributed by atoms with Crippen LogP contribution in [0.4, 0.5) is 19.0 Å². The van der Waals surface area contributed by atoms with Crippen molar-refractivity contribution in [2.45, 2.75) is 25.9 Å². The van der Waals surface area contributed by atoms with Crippen molar-refractivity contribution in [1.82, 2.24) is 9.97 Å². The van der Waals surface area contributed by atoms with Gasteiger partial charge in [0.05, 0.1) is 5.69 Å². The highest BCUT2D eigenvalue weighted by molar-refractivity contribution is 5.62. The molecule has 1 aromatic carbocycles. The van der Waals surface area contributed by atoms with Crippen LogP contribution in [-0.4, -0.2) is 17.0 Å². The van der Waals surface area contributed by atoms with Crippen molar-refractivity contribution in [3.63, 3.8) is 0 Å². The zero-order valence-corrected chi connectivity index (χ0v) is 11.8. The van der Waals surface area contributed by atoms with Gasteiger partial charge >= 0.3 is 6.18 Å². The zero-order chi connectivity index (χ0) is 15.5. The van der Waals surface area contributed by atoms with Crippen LogP contribution < -0.4 is 5.32 Å². The van der Waals surface area contributed by atoms with Crippen LogP contribution in [0.1, 0.15) is 24.7 Å². The van der Waals surface area contributed by atoms with Crippen molar-refractivity contribution >= 4 is 5.82 Å². The number of aromatic nitrogens is 2. The molecule has 0 unspecified atom stereocenters. The highest BCUT2D eigenvalue weighted by atomic mass is 19.4. The van der Waals surface area contributed by atoms with Gasteiger partial charge in [-0.25, -0.2) is 9.97 Å². The first-order chi connectivity index (χ1) is 9.94. The van der Waals surface area contributed by atoms with E-state index in [1.807, 2.05) is 12.1 Å². The van der Waals surface area contributed by atoms with Crippen LogP contribution >= 0.6 is 0 Å². The summed E-state index contributed by atoms with van der Waals surface area (Å²) in [6, 6.07) is 8.89. The Labute approximate surface area is 121 Å². The van der Waals surface area contributed by atoms with Gasteiger partial charge in [0, 0.05) is 18.7 Å². The Kier molecular flexibility index (Phi) is 4.45. The Morgan fingerprint density at radius 1 is 1.10 bits per heavy atom. The summed E-state index contributed by atoms with van der Waals surface area (Å²) in [7, 11) is 1.52. The first-order valence-corrected chi connectivity index (χ1v) is 6.67. The molecule has 1 heterocycles. The van der Waals surface area contributed by atoms with Gasteiger partial charge in [-0.15, -0.1) is 0 Å². The molecule has 0 aliphatic rings. The summed E-state index contributed by atoms with van der Waals surface area (Å²) in [6.45, 7) is 2.08. The third-order valence-electron chi connectivity index (χ3n) is 3.02. The van der Waals surface area contributed by atoms with E-state index in [9.17, 15) is 13.2 Å². The first-order valence-electron chi connectivity index (χ1n) is 6.67. The molecule has 0 aliphatic heterocycles. The summed E-state index contributed by atoms with van der Waals surface area (Å²) in [5.74, 6) is -0.994. The Morgan fingerprint density at radius 3 is 2.29 bits per heavy atom. The van der Waals surface area contributed by atoms with E-state index in [-0.39, 0.29) is 11.5 Å². The fraction of sp³-hybridized carbons (Fsp3) is 0.333. The predicted octanol–water partition coefficient (Wildman–Crippen LogP) is 4.16. The number of alkyl halides is 3. The van der Waals surface area contributed by atoms with Crippen LogP contribution in [0.3, 0.4) is 0 Å². The second-order valence-corrected chi connectivity index (χ2v) is 4.66. The number of anilines is 1. The highest BCUT2D eigenvalue weighted by Crippen LogP contribution is 2.29. The van der Waals surface area contributed by atoms with Gasteiger partial charge in [-0.2, -0.15) is 13.2 Å².